The molecule has 31 heavy (non-hydrogen) atoms. The van der Waals surface area contributed by atoms with Gasteiger partial charge in [-0.3, -0.25) is 14.5 Å². The van der Waals surface area contributed by atoms with Crippen LogP contribution in [0.5, 0.6) is 0 Å². The Balaban J connectivity index is 2.02. The highest BCUT2D eigenvalue weighted by Crippen LogP contribution is 2.34. The zero-order valence-corrected chi connectivity index (χ0v) is 15.0. The lowest BCUT2D eigenvalue weighted by atomic mass is 10.1. The number of pyridine rings is 2. The second-order valence-corrected chi connectivity index (χ2v) is 6.59. The first-order chi connectivity index (χ1) is 14.7. The van der Waals surface area contributed by atoms with Crippen LogP contribution in [-0.2, 0) is 6.18 Å². The van der Waals surface area contributed by atoms with Crippen LogP contribution < -0.4 is 5.56 Å². The number of alkyl halides is 5. The molecule has 0 fully saturated rings. The van der Waals surface area contributed by atoms with Crippen molar-refractivity contribution in [3.63, 3.8) is 0 Å². The Morgan fingerprint density at radius 3 is 2.58 bits per heavy atom. The van der Waals surface area contributed by atoms with Crippen molar-refractivity contribution in [1.29, 1.82) is 0 Å². The van der Waals surface area contributed by atoms with E-state index >= 15 is 0 Å². The molecule has 0 radical (unpaired) electrons. The number of rotatable bonds is 2. The highest BCUT2D eigenvalue weighted by molar-refractivity contribution is 6.04. The average Bonchev–Trinajstić information content (AvgIpc) is 3.35. The number of aromatic amines is 1. The third-order valence-electron chi connectivity index (χ3n) is 4.77. The molecule has 0 aliphatic rings. The summed E-state index contributed by atoms with van der Waals surface area (Å²) in [5.74, 6) is -1.71. The van der Waals surface area contributed by atoms with Crippen LogP contribution in [0, 0.1) is 5.82 Å². The maximum atomic E-state index is 14.3. The highest BCUT2D eigenvalue weighted by Gasteiger charge is 2.37. The van der Waals surface area contributed by atoms with Gasteiger partial charge < -0.3 is 0 Å². The van der Waals surface area contributed by atoms with Gasteiger partial charge in [-0.25, -0.2) is 14.1 Å². The Morgan fingerprint density at radius 1 is 1.10 bits per heavy atom. The van der Waals surface area contributed by atoms with Gasteiger partial charge in [0.25, 0.3) is 5.56 Å². The zero-order valence-electron chi connectivity index (χ0n) is 15.0. The number of nitrogens with zero attached hydrogens (tertiary/aromatic N) is 5. The van der Waals surface area contributed by atoms with Crippen LogP contribution in [0.1, 0.15) is 12.2 Å². The lowest BCUT2D eigenvalue weighted by Gasteiger charge is -2.14. The molecule has 1 aromatic carbocycles. The van der Waals surface area contributed by atoms with E-state index < -0.39 is 41.0 Å². The fourth-order valence-electron chi connectivity index (χ4n) is 3.47. The van der Waals surface area contributed by atoms with Gasteiger partial charge in [0.05, 0.1) is 17.4 Å². The molecular formula is C18H8F6N6O. The van der Waals surface area contributed by atoms with Crippen LogP contribution in [0.3, 0.4) is 0 Å². The largest absolute Gasteiger partial charge is 0.436 e. The Kier molecular flexibility index (Phi) is 3.88. The number of hydrogen-bond donors (Lipinski definition) is 1. The first kappa shape index (κ1) is 19.1. The molecule has 13 heteroatoms. The molecule has 7 nitrogen and oxygen atoms in total. The number of aromatic nitrogens is 6. The third kappa shape index (κ3) is 2.76. The predicted octanol–water partition coefficient (Wildman–Crippen LogP) is 4.16. The summed E-state index contributed by atoms with van der Waals surface area (Å²) in [5.41, 5.74) is -3.35. The maximum Gasteiger partial charge on any atom is 0.436 e. The molecule has 0 aliphatic heterocycles. The van der Waals surface area contributed by atoms with Crippen molar-refractivity contribution in [3.05, 3.63) is 58.5 Å². The number of fused-ring (bicyclic) bond motifs is 4. The van der Waals surface area contributed by atoms with Crippen LogP contribution in [-0.4, -0.2) is 29.5 Å². The second kappa shape index (κ2) is 6.30. The second-order valence-electron chi connectivity index (χ2n) is 6.59. The van der Waals surface area contributed by atoms with Gasteiger partial charge in [-0.1, -0.05) is 6.07 Å². The SMILES string of the molecule is O=c1c2nn(C(F)F)cc2c2cc(F)c(C(F)(F)F)nc2n1-c1cccc2[nH]ncc12. The van der Waals surface area contributed by atoms with Crippen molar-refractivity contribution in [2.24, 2.45) is 0 Å². The molecular weight excluding hydrogens is 430 g/mol. The molecule has 4 aromatic heterocycles. The summed E-state index contributed by atoms with van der Waals surface area (Å²) in [6.45, 7) is -3.13. The smallest absolute Gasteiger partial charge is 0.278 e. The normalized spacial score (nSPS) is 12.6. The minimum atomic E-state index is -5.15. The molecule has 5 rings (SSSR count). The zero-order chi connectivity index (χ0) is 22.1. The minimum absolute atomic E-state index is 0.0713. The van der Waals surface area contributed by atoms with Crippen molar-refractivity contribution < 1.29 is 26.3 Å². The summed E-state index contributed by atoms with van der Waals surface area (Å²) < 4.78 is 81.5. The van der Waals surface area contributed by atoms with Crippen LogP contribution in [0.2, 0.25) is 0 Å². The fraction of sp³-hybridized carbons (Fsp3) is 0.111. The third-order valence-corrected chi connectivity index (χ3v) is 4.77. The molecule has 0 saturated heterocycles. The summed E-state index contributed by atoms with van der Waals surface area (Å²) in [6.07, 6.45) is -3.05. The predicted molar refractivity (Wildman–Crippen MR) is 96.5 cm³/mol. The van der Waals surface area contributed by atoms with E-state index in [0.29, 0.717) is 17.0 Å². The van der Waals surface area contributed by atoms with E-state index in [2.05, 4.69) is 20.3 Å². The van der Waals surface area contributed by atoms with E-state index in [-0.39, 0.29) is 21.1 Å². The molecule has 1 N–H and O–H groups in total. The number of halogens is 6. The fourth-order valence-corrected chi connectivity index (χ4v) is 3.47. The first-order valence-corrected chi connectivity index (χ1v) is 8.59. The van der Waals surface area contributed by atoms with E-state index in [1.54, 1.807) is 6.07 Å². The Hall–Kier alpha value is -3.90. The van der Waals surface area contributed by atoms with Crippen molar-refractivity contribution in [2.75, 3.05) is 0 Å². The van der Waals surface area contributed by atoms with Gasteiger partial charge in [-0.15, -0.1) is 0 Å². The van der Waals surface area contributed by atoms with Gasteiger partial charge in [0, 0.05) is 22.4 Å². The van der Waals surface area contributed by atoms with E-state index in [0.717, 1.165) is 10.8 Å². The lowest BCUT2D eigenvalue weighted by molar-refractivity contribution is -0.143. The highest BCUT2D eigenvalue weighted by atomic mass is 19.4. The maximum absolute atomic E-state index is 14.3. The lowest BCUT2D eigenvalue weighted by Crippen LogP contribution is -2.22. The molecule has 0 aliphatic carbocycles. The van der Waals surface area contributed by atoms with Gasteiger partial charge in [-0.05, 0) is 18.2 Å². The van der Waals surface area contributed by atoms with Gasteiger partial charge in [0.1, 0.15) is 5.65 Å². The van der Waals surface area contributed by atoms with E-state index in [1.165, 1.54) is 18.3 Å². The van der Waals surface area contributed by atoms with Crippen molar-refractivity contribution >= 4 is 32.8 Å². The van der Waals surface area contributed by atoms with E-state index in [4.69, 9.17) is 0 Å². The molecule has 0 amide bonds. The molecule has 0 bridgehead atoms. The van der Waals surface area contributed by atoms with Crippen LogP contribution >= 0.6 is 0 Å². The topological polar surface area (TPSA) is 81.4 Å². The van der Waals surface area contributed by atoms with Crippen molar-refractivity contribution in [3.8, 4) is 5.69 Å². The summed E-state index contributed by atoms with van der Waals surface area (Å²) in [4.78, 5) is 16.6. The van der Waals surface area contributed by atoms with Gasteiger partial charge in [0.2, 0.25) is 0 Å². The molecule has 0 unspecified atom stereocenters. The van der Waals surface area contributed by atoms with Crippen molar-refractivity contribution in [1.82, 2.24) is 29.5 Å². The first-order valence-electron chi connectivity index (χ1n) is 8.59. The summed E-state index contributed by atoms with van der Waals surface area (Å²) in [6, 6.07) is 5.03. The van der Waals surface area contributed by atoms with Crippen LogP contribution in [0.15, 0.2) is 41.5 Å². The van der Waals surface area contributed by atoms with E-state index in [9.17, 15) is 31.1 Å². The molecule has 4 heterocycles. The van der Waals surface area contributed by atoms with Gasteiger partial charge >= 0.3 is 12.7 Å². The van der Waals surface area contributed by atoms with Crippen molar-refractivity contribution in [2.45, 2.75) is 12.7 Å². The monoisotopic (exact) mass is 438 g/mol. The quantitative estimate of drug-likeness (QED) is 0.420. The Morgan fingerprint density at radius 2 is 1.87 bits per heavy atom. The van der Waals surface area contributed by atoms with Gasteiger partial charge in [-0.2, -0.15) is 32.1 Å². The average molecular weight is 438 g/mol. The molecule has 158 valence electrons. The molecule has 0 atom stereocenters. The number of nitrogens with one attached hydrogen (secondary N) is 1. The van der Waals surface area contributed by atoms with E-state index in [1.807, 2.05) is 0 Å². The number of H-pyrrole nitrogens is 1. The number of hydrogen-bond acceptors (Lipinski definition) is 4. The molecule has 0 spiro atoms. The Labute approximate surface area is 166 Å². The van der Waals surface area contributed by atoms with Gasteiger partial charge in [0.15, 0.2) is 17.0 Å². The summed E-state index contributed by atoms with van der Waals surface area (Å²) in [7, 11) is 0. The number of benzene rings is 1. The standard InChI is InChI=1S/C18H8F6N6O/c19-10-4-7-9-6-29(17(20)21)28-13(9)16(31)30(15(7)26-14(10)18(22,23)24)12-3-1-2-11-8(12)5-25-27-11/h1-6,17H,(H,25,27). The molecule has 5 aromatic rings. The minimum Gasteiger partial charge on any atom is -0.278 e. The van der Waals surface area contributed by atoms with Crippen LogP contribution in [0.4, 0.5) is 26.3 Å². The molecule has 0 saturated carbocycles. The summed E-state index contributed by atoms with van der Waals surface area (Å²) >= 11 is 0. The van der Waals surface area contributed by atoms with Crippen LogP contribution in [0.25, 0.3) is 38.5 Å². The summed E-state index contributed by atoms with van der Waals surface area (Å²) in [5, 5.41) is 9.85. The Bertz CT molecular complexity index is 1550.